The van der Waals surface area contributed by atoms with Crippen molar-refractivity contribution in [1.82, 2.24) is 9.80 Å². The highest BCUT2D eigenvalue weighted by molar-refractivity contribution is 4.90. The Bertz CT molecular complexity index is 286. The lowest BCUT2D eigenvalue weighted by Crippen LogP contribution is -2.61. The van der Waals surface area contributed by atoms with Gasteiger partial charge in [0.2, 0.25) is 0 Å². The Hall–Kier alpha value is -0.0800. The first kappa shape index (κ1) is 9.00. The minimum absolute atomic E-state index is 0.0352. The van der Waals surface area contributed by atoms with E-state index in [1.807, 2.05) is 0 Å². The van der Waals surface area contributed by atoms with Crippen LogP contribution in [0.3, 0.4) is 0 Å². The zero-order valence-corrected chi connectivity index (χ0v) is 11.1. The molecule has 1 aliphatic rings. The molecule has 0 radical (unpaired) electrons. The number of rotatable bonds is 0. The molecule has 15 heavy (non-hydrogen) atoms. The molecule has 0 bridgehead atoms. The van der Waals surface area contributed by atoms with Gasteiger partial charge >= 0.3 is 0 Å². The van der Waals surface area contributed by atoms with Gasteiger partial charge in [-0.05, 0) is 48.4 Å². The van der Waals surface area contributed by atoms with Gasteiger partial charge < -0.3 is 0 Å². The Labute approximate surface area is 99.8 Å². The van der Waals surface area contributed by atoms with Gasteiger partial charge in [0.1, 0.15) is 0 Å². The molecule has 0 aliphatic carbocycles. The fraction of sp³-hybridized carbons (Fsp3) is 1.00. The molecular formula is C13H28N2. The molecule has 0 spiro atoms. The zero-order valence-electron chi connectivity index (χ0n) is 14.1. The lowest BCUT2D eigenvalue weighted by molar-refractivity contribution is -0.0152. The minimum Gasteiger partial charge on any atom is -0.296 e. The van der Waals surface area contributed by atoms with Gasteiger partial charge in [-0.1, -0.05) is 0 Å². The molecule has 0 saturated carbocycles. The maximum atomic E-state index is 7.80. The fourth-order valence-electron chi connectivity index (χ4n) is 2.20. The Balaban J connectivity index is 2.94. The normalized spacial score (nSPS) is 30.8. The monoisotopic (exact) mass is 215 g/mol. The van der Waals surface area contributed by atoms with E-state index in [2.05, 4.69) is 51.3 Å². The number of piperazine rings is 1. The molecule has 1 rings (SSSR count). The van der Waals surface area contributed by atoms with Crippen molar-refractivity contribution in [2.45, 2.75) is 65.5 Å². The Morgan fingerprint density at radius 2 is 1.60 bits per heavy atom. The predicted octanol–water partition coefficient (Wildman–Crippen LogP) is 2.59. The summed E-state index contributed by atoms with van der Waals surface area (Å²) in [4.78, 5) is 4.43. The molecule has 0 amide bonds. The van der Waals surface area contributed by atoms with E-state index >= 15 is 0 Å². The van der Waals surface area contributed by atoms with Crippen molar-refractivity contribution in [3.05, 3.63) is 0 Å². The van der Waals surface area contributed by atoms with E-state index in [0.29, 0.717) is 6.54 Å². The highest BCUT2D eigenvalue weighted by atomic mass is 15.3. The van der Waals surface area contributed by atoms with E-state index < -0.39 is 6.85 Å². The van der Waals surface area contributed by atoms with Crippen LogP contribution in [0.15, 0.2) is 0 Å². The summed E-state index contributed by atoms with van der Waals surface area (Å²) in [6.45, 7) is 13.2. The molecule has 1 aliphatic heterocycles. The maximum absolute atomic E-state index is 7.80. The van der Waals surface area contributed by atoms with Gasteiger partial charge in [-0.3, -0.25) is 9.80 Å². The quantitative estimate of drug-likeness (QED) is 0.613. The highest BCUT2D eigenvalue weighted by Crippen LogP contribution is 2.24. The van der Waals surface area contributed by atoms with Crippen LogP contribution in [-0.4, -0.2) is 46.6 Å². The molecule has 1 heterocycles. The molecule has 0 N–H and O–H groups in total. The van der Waals surface area contributed by atoms with Crippen LogP contribution in [0.1, 0.15) is 52.5 Å². The predicted molar refractivity (Wildman–Crippen MR) is 67.2 cm³/mol. The molecule has 0 unspecified atom stereocenters. The van der Waals surface area contributed by atoms with Crippen molar-refractivity contribution in [2.75, 3.05) is 19.6 Å². The summed E-state index contributed by atoms with van der Waals surface area (Å²) in [5.74, 6) is 0. The summed E-state index contributed by atoms with van der Waals surface area (Å²) in [7, 11) is 0. The summed E-state index contributed by atoms with van der Waals surface area (Å²) in [5.41, 5.74) is -0.0590. The van der Waals surface area contributed by atoms with E-state index in [-0.39, 0.29) is 17.1 Å². The Morgan fingerprint density at radius 1 is 1.00 bits per heavy atom. The summed E-state index contributed by atoms with van der Waals surface area (Å²) >= 11 is 0. The van der Waals surface area contributed by atoms with Crippen LogP contribution >= 0.6 is 0 Å². The third-order valence-corrected chi connectivity index (χ3v) is 3.19. The van der Waals surface area contributed by atoms with Crippen molar-refractivity contribution in [1.29, 1.82) is 0 Å². The standard InChI is InChI=1S/C13H28N2/c1-11-10-14(12(2,3)4)8-9-15(11)13(5,6)7/h11H,8-10H2,1-7H3/t11-/m0/s1/i1D3. The molecule has 0 aromatic rings. The van der Waals surface area contributed by atoms with Gasteiger partial charge in [0.05, 0.1) is 0 Å². The SMILES string of the molecule is [2H]C([2H])([2H])[C@H]1CN(C(C)(C)C)CCN1C(C)(C)C. The van der Waals surface area contributed by atoms with Crippen molar-refractivity contribution in [3.63, 3.8) is 0 Å². The lowest BCUT2D eigenvalue weighted by atomic mass is 9.97. The molecule has 1 saturated heterocycles. The van der Waals surface area contributed by atoms with Gasteiger partial charge in [0.15, 0.2) is 0 Å². The van der Waals surface area contributed by atoms with Gasteiger partial charge in [0.25, 0.3) is 0 Å². The van der Waals surface area contributed by atoms with Crippen LogP contribution in [0.4, 0.5) is 0 Å². The lowest BCUT2D eigenvalue weighted by Gasteiger charge is -2.50. The second-order valence-corrected chi connectivity index (χ2v) is 6.50. The van der Waals surface area contributed by atoms with Gasteiger partial charge in [-0.25, -0.2) is 0 Å². The zero-order chi connectivity index (χ0) is 14.4. The Morgan fingerprint density at radius 3 is 2.00 bits per heavy atom. The van der Waals surface area contributed by atoms with E-state index in [1.54, 1.807) is 0 Å². The topological polar surface area (TPSA) is 6.48 Å². The summed E-state index contributed by atoms with van der Waals surface area (Å²) in [6, 6.07) is -0.370. The minimum atomic E-state index is -1.92. The van der Waals surface area contributed by atoms with Crippen molar-refractivity contribution >= 4 is 0 Å². The summed E-state index contributed by atoms with van der Waals surface area (Å²) in [5, 5.41) is 0. The van der Waals surface area contributed by atoms with Crippen LogP contribution in [-0.2, 0) is 0 Å². The molecule has 1 atom stereocenters. The van der Waals surface area contributed by atoms with Crippen LogP contribution in [0.25, 0.3) is 0 Å². The maximum Gasteiger partial charge on any atom is 0.0247 e. The van der Waals surface area contributed by atoms with E-state index in [9.17, 15) is 0 Å². The van der Waals surface area contributed by atoms with Crippen LogP contribution < -0.4 is 0 Å². The fourth-order valence-corrected chi connectivity index (χ4v) is 2.20. The number of hydrogen-bond acceptors (Lipinski definition) is 2. The van der Waals surface area contributed by atoms with E-state index in [0.717, 1.165) is 13.1 Å². The van der Waals surface area contributed by atoms with Gasteiger partial charge in [0, 0.05) is 40.9 Å². The van der Waals surface area contributed by atoms with E-state index in [4.69, 9.17) is 4.11 Å². The molecular weight excluding hydrogens is 184 g/mol. The van der Waals surface area contributed by atoms with Gasteiger partial charge in [-0.2, -0.15) is 0 Å². The van der Waals surface area contributed by atoms with Gasteiger partial charge in [-0.15, -0.1) is 0 Å². The first-order valence-electron chi connectivity index (χ1n) is 7.35. The van der Waals surface area contributed by atoms with E-state index in [1.165, 1.54) is 0 Å². The second kappa shape index (κ2) is 4.06. The average Bonchev–Trinajstić information content (AvgIpc) is 2.12. The summed E-state index contributed by atoms with van der Waals surface area (Å²) < 4.78 is 23.4. The first-order chi connectivity index (χ1) is 7.83. The van der Waals surface area contributed by atoms with Crippen molar-refractivity contribution in [3.8, 4) is 0 Å². The first-order valence-corrected chi connectivity index (χ1v) is 5.85. The van der Waals surface area contributed by atoms with Crippen molar-refractivity contribution < 1.29 is 4.11 Å². The highest BCUT2D eigenvalue weighted by Gasteiger charge is 2.34. The van der Waals surface area contributed by atoms with Crippen LogP contribution in [0.2, 0.25) is 0 Å². The molecule has 90 valence electrons. The smallest absolute Gasteiger partial charge is 0.0247 e. The van der Waals surface area contributed by atoms with Crippen molar-refractivity contribution in [2.24, 2.45) is 0 Å². The molecule has 2 nitrogen and oxygen atoms in total. The van der Waals surface area contributed by atoms with Crippen LogP contribution in [0.5, 0.6) is 0 Å². The third kappa shape index (κ3) is 3.18. The third-order valence-electron chi connectivity index (χ3n) is 3.19. The van der Waals surface area contributed by atoms with Crippen LogP contribution in [0, 0.1) is 0 Å². The molecule has 1 fully saturated rings. The summed E-state index contributed by atoms with van der Waals surface area (Å²) in [6.07, 6.45) is 0. The number of hydrogen-bond donors (Lipinski definition) is 0. The molecule has 0 aromatic heterocycles. The molecule has 2 heteroatoms. The second-order valence-electron chi connectivity index (χ2n) is 6.50. The number of nitrogens with zero attached hydrogens (tertiary/aromatic N) is 2. The average molecular weight is 215 g/mol. The Kier molecular flexibility index (Phi) is 2.44. The molecule has 0 aromatic carbocycles. The largest absolute Gasteiger partial charge is 0.296 e.